The molecule has 0 amide bonds. The van der Waals surface area contributed by atoms with Gasteiger partial charge in [-0.25, -0.2) is 0 Å². The highest BCUT2D eigenvalue weighted by atomic mass is 32.1. The van der Waals surface area contributed by atoms with Crippen LogP contribution in [0.3, 0.4) is 0 Å². The lowest BCUT2D eigenvalue weighted by molar-refractivity contribution is 1.28. The zero-order chi connectivity index (χ0) is 47.5. The Morgan fingerprint density at radius 2 is 0.625 bits per heavy atom. The molecule has 0 radical (unpaired) electrons. The van der Waals surface area contributed by atoms with Gasteiger partial charge >= 0.3 is 0 Å². The maximum absolute atomic E-state index is 2.41. The summed E-state index contributed by atoms with van der Waals surface area (Å²) in [5.41, 5.74) is 13.7. The molecule has 0 N–H and O–H groups in total. The topological polar surface area (TPSA) is 6.48 Å². The Kier molecular flexibility index (Phi) is 10.3. The molecule has 0 atom stereocenters. The van der Waals surface area contributed by atoms with E-state index in [9.17, 15) is 0 Å². The lowest BCUT2D eigenvalue weighted by atomic mass is 9.98. The van der Waals surface area contributed by atoms with Crippen LogP contribution in [0, 0.1) is 0 Å². The van der Waals surface area contributed by atoms with Crippen molar-refractivity contribution in [3.8, 4) is 33.4 Å². The summed E-state index contributed by atoms with van der Waals surface area (Å²) in [5, 5.41) is 10.2. The third-order valence-electron chi connectivity index (χ3n) is 14.2. The second kappa shape index (κ2) is 17.6. The SMILES string of the molecule is c1cc(-c2cccc(N(c3ccc(-c4cccc5ccccc45)cc3)c3ccc4c(c3)sc3ccccc34)c2)cc(N(c2ccc(-c3ccc4ccccc4c3)cc2)c2ccc3c(c2)sc2ccccc23)c1. The smallest absolute Gasteiger partial charge is 0.0476 e. The van der Waals surface area contributed by atoms with Crippen LogP contribution in [-0.4, -0.2) is 0 Å². The minimum atomic E-state index is 1.09. The molecule has 2 heterocycles. The second-order valence-corrected chi connectivity index (χ2v) is 20.7. The molecule has 12 aromatic carbocycles. The quantitative estimate of drug-likeness (QED) is 0.142. The molecular formula is C68H44N2S2. The largest absolute Gasteiger partial charge is 0.310 e. The van der Waals surface area contributed by atoms with E-state index in [1.54, 1.807) is 0 Å². The first-order chi connectivity index (χ1) is 35.6. The molecule has 338 valence electrons. The maximum Gasteiger partial charge on any atom is 0.0476 e. The molecule has 2 nitrogen and oxygen atoms in total. The average Bonchev–Trinajstić information content (AvgIpc) is 4.01. The van der Waals surface area contributed by atoms with Crippen molar-refractivity contribution in [1.29, 1.82) is 0 Å². The molecule has 0 bridgehead atoms. The van der Waals surface area contributed by atoms with Crippen LogP contribution < -0.4 is 9.80 Å². The molecule has 0 spiro atoms. The standard InChI is InChI=1S/C68H44N2S2/c1-2-14-49-40-52(27-26-45(49)12-1)46-28-32-53(33-29-46)69(57-36-38-63-61-21-5-7-24-65(61)71-67(63)43-57)55-18-9-16-50(41-55)51-17-10-19-56(42-51)70(58-37-39-64-62-22-6-8-25-66(62)72-68(64)44-58)54-34-30-48(31-35-54)60-23-11-15-47-13-3-4-20-59(47)60/h1-44H. The van der Waals surface area contributed by atoms with E-state index in [4.69, 9.17) is 0 Å². The molecule has 0 saturated carbocycles. The number of hydrogen-bond acceptors (Lipinski definition) is 4. The predicted molar refractivity (Wildman–Crippen MR) is 313 cm³/mol. The van der Waals surface area contributed by atoms with Gasteiger partial charge in [0.25, 0.3) is 0 Å². The van der Waals surface area contributed by atoms with Crippen molar-refractivity contribution in [2.24, 2.45) is 0 Å². The summed E-state index contributed by atoms with van der Waals surface area (Å²) in [6.07, 6.45) is 0. The summed E-state index contributed by atoms with van der Waals surface area (Å²) >= 11 is 3.71. The number of thiophene rings is 2. The fourth-order valence-corrected chi connectivity index (χ4v) is 13.0. The fraction of sp³-hybridized carbons (Fsp3) is 0. The Morgan fingerprint density at radius 3 is 1.22 bits per heavy atom. The lowest BCUT2D eigenvalue weighted by Gasteiger charge is -2.27. The Balaban J connectivity index is 0.873. The van der Waals surface area contributed by atoms with E-state index in [1.165, 1.54) is 84.1 Å². The highest BCUT2D eigenvalue weighted by Gasteiger charge is 2.19. The van der Waals surface area contributed by atoms with Gasteiger partial charge in [0, 0.05) is 74.5 Å². The van der Waals surface area contributed by atoms with Crippen molar-refractivity contribution in [2.45, 2.75) is 0 Å². The Morgan fingerprint density at radius 1 is 0.208 bits per heavy atom. The number of nitrogens with zero attached hydrogens (tertiary/aromatic N) is 2. The van der Waals surface area contributed by atoms with Crippen LogP contribution >= 0.6 is 22.7 Å². The van der Waals surface area contributed by atoms with Crippen molar-refractivity contribution in [2.75, 3.05) is 9.80 Å². The molecule has 4 heteroatoms. The van der Waals surface area contributed by atoms with Crippen LogP contribution in [0.2, 0.25) is 0 Å². The fourth-order valence-electron chi connectivity index (χ4n) is 10.7. The maximum atomic E-state index is 2.41. The molecule has 0 aliphatic heterocycles. The Hall–Kier alpha value is -8.80. The van der Waals surface area contributed by atoms with Crippen LogP contribution in [0.15, 0.2) is 267 Å². The van der Waals surface area contributed by atoms with Crippen molar-refractivity contribution in [1.82, 2.24) is 0 Å². The normalized spacial score (nSPS) is 11.6. The molecule has 0 fully saturated rings. The van der Waals surface area contributed by atoms with E-state index in [2.05, 4.69) is 277 Å². The Labute approximate surface area is 426 Å². The van der Waals surface area contributed by atoms with E-state index in [-0.39, 0.29) is 0 Å². The third kappa shape index (κ3) is 7.48. The van der Waals surface area contributed by atoms with E-state index >= 15 is 0 Å². The molecule has 0 unspecified atom stereocenters. The number of rotatable bonds is 9. The number of anilines is 6. The zero-order valence-corrected chi connectivity index (χ0v) is 40.7. The molecule has 14 aromatic rings. The summed E-state index contributed by atoms with van der Waals surface area (Å²) in [5.74, 6) is 0. The van der Waals surface area contributed by atoms with Gasteiger partial charge in [-0.15, -0.1) is 22.7 Å². The van der Waals surface area contributed by atoms with Gasteiger partial charge in [0.1, 0.15) is 0 Å². The first-order valence-electron chi connectivity index (χ1n) is 24.5. The minimum Gasteiger partial charge on any atom is -0.310 e. The summed E-state index contributed by atoms with van der Waals surface area (Å²) in [6.45, 7) is 0. The molecular weight excluding hydrogens is 909 g/mol. The van der Waals surface area contributed by atoms with Gasteiger partial charge < -0.3 is 9.80 Å². The summed E-state index contributed by atoms with van der Waals surface area (Å²) < 4.78 is 5.15. The van der Waals surface area contributed by atoms with Crippen molar-refractivity contribution in [3.63, 3.8) is 0 Å². The van der Waals surface area contributed by atoms with E-state index in [1.807, 2.05) is 22.7 Å². The predicted octanol–water partition coefficient (Wildman–Crippen LogP) is 20.7. The van der Waals surface area contributed by atoms with Crippen molar-refractivity contribution in [3.05, 3.63) is 267 Å². The van der Waals surface area contributed by atoms with Gasteiger partial charge in [-0.3, -0.25) is 0 Å². The third-order valence-corrected chi connectivity index (χ3v) is 16.5. The zero-order valence-electron chi connectivity index (χ0n) is 39.1. The molecule has 2 aromatic heterocycles. The van der Waals surface area contributed by atoms with Gasteiger partial charge in [-0.2, -0.15) is 0 Å². The van der Waals surface area contributed by atoms with Gasteiger partial charge in [0.05, 0.1) is 0 Å². The van der Waals surface area contributed by atoms with E-state index < -0.39 is 0 Å². The average molecular weight is 953 g/mol. The highest BCUT2D eigenvalue weighted by Crippen LogP contribution is 2.45. The molecule has 72 heavy (non-hydrogen) atoms. The number of hydrogen-bond donors (Lipinski definition) is 0. The monoisotopic (exact) mass is 952 g/mol. The number of fused-ring (bicyclic) bond motifs is 8. The van der Waals surface area contributed by atoms with Crippen LogP contribution in [-0.2, 0) is 0 Å². The van der Waals surface area contributed by atoms with Gasteiger partial charge in [0.2, 0.25) is 0 Å². The molecule has 0 aliphatic rings. The molecule has 0 saturated heterocycles. The summed E-state index contributed by atoms with van der Waals surface area (Å²) in [4.78, 5) is 4.82. The van der Waals surface area contributed by atoms with Crippen LogP contribution in [0.4, 0.5) is 34.1 Å². The van der Waals surface area contributed by atoms with Crippen molar-refractivity contribution >= 4 is 119 Å². The Bertz CT molecular complexity index is 4350. The summed E-state index contributed by atoms with van der Waals surface area (Å²) in [6, 6.07) is 98.1. The van der Waals surface area contributed by atoms with Crippen LogP contribution in [0.5, 0.6) is 0 Å². The highest BCUT2D eigenvalue weighted by molar-refractivity contribution is 7.26. The second-order valence-electron chi connectivity index (χ2n) is 18.5. The lowest BCUT2D eigenvalue weighted by Crippen LogP contribution is -2.10. The van der Waals surface area contributed by atoms with Crippen LogP contribution in [0.25, 0.3) is 95.3 Å². The summed E-state index contributed by atoms with van der Waals surface area (Å²) in [7, 11) is 0. The van der Waals surface area contributed by atoms with Crippen LogP contribution in [0.1, 0.15) is 0 Å². The van der Waals surface area contributed by atoms with Gasteiger partial charge in [-0.05, 0) is 146 Å². The first kappa shape index (κ1) is 42.1. The first-order valence-corrected chi connectivity index (χ1v) is 26.1. The minimum absolute atomic E-state index is 1.09. The number of benzene rings is 12. The van der Waals surface area contributed by atoms with E-state index in [0.717, 1.165) is 45.3 Å². The molecule has 14 rings (SSSR count). The van der Waals surface area contributed by atoms with E-state index in [0.29, 0.717) is 0 Å². The molecule has 0 aliphatic carbocycles. The van der Waals surface area contributed by atoms with Gasteiger partial charge in [0.15, 0.2) is 0 Å². The van der Waals surface area contributed by atoms with Crippen molar-refractivity contribution < 1.29 is 0 Å². The van der Waals surface area contributed by atoms with Gasteiger partial charge in [-0.1, -0.05) is 176 Å².